The van der Waals surface area contributed by atoms with Gasteiger partial charge in [0.05, 0.1) is 11.1 Å². The van der Waals surface area contributed by atoms with Gasteiger partial charge in [0.15, 0.2) is 11.6 Å². The molecule has 1 amide bonds. The second-order valence-corrected chi connectivity index (χ2v) is 4.54. The SMILES string of the molecule is CC1(NC(=O)c2cccc(F)c2F)CCNC1. The Bertz CT molecular complexity index is 442. The first-order valence-corrected chi connectivity index (χ1v) is 5.49. The van der Waals surface area contributed by atoms with E-state index in [1.165, 1.54) is 12.1 Å². The van der Waals surface area contributed by atoms with E-state index >= 15 is 0 Å². The average Bonchev–Trinajstić information content (AvgIpc) is 2.68. The molecule has 1 heterocycles. The predicted octanol–water partition coefficient (Wildman–Crippen LogP) is 1.45. The lowest BCUT2D eigenvalue weighted by Gasteiger charge is -2.24. The smallest absolute Gasteiger partial charge is 0.254 e. The van der Waals surface area contributed by atoms with Crippen molar-refractivity contribution in [1.82, 2.24) is 10.6 Å². The molecular weight excluding hydrogens is 226 g/mol. The Balaban J connectivity index is 2.17. The number of benzene rings is 1. The number of amides is 1. The third kappa shape index (κ3) is 2.44. The molecule has 17 heavy (non-hydrogen) atoms. The quantitative estimate of drug-likeness (QED) is 0.821. The molecule has 1 aliphatic rings. The summed E-state index contributed by atoms with van der Waals surface area (Å²) in [5, 5.41) is 5.84. The van der Waals surface area contributed by atoms with E-state index < -0.39 is 23.1 Å². The lowest BCUT2D eigenvalue weighted by atomic mass is 10.0. The van der Waals surface area contributed by atoms with Crippen LogP contribution in [0, 0.1) is 11.6 Å². The highest BCUT2D eigenvalue weighted by Gasteiger charge is 2.31. The molecule has 92 valence electrons. The lowest BCUT2D eigenvalue weighted by Crippen LogP contribution is -2.47. The first-order valence-electron chi connectivity index (χ1n) is 5.49. The zero-order chi connectivity index (χ0) is 12.5. The summed E-state index contributed by atoms with van der Waals surface area (Å²) in [6.07, 6.45) is 0.773. The van der Waals surface area contributed by atoms with Crippen molar-refractivity contribution < 1.29 is 13.6 Å². The summed E-state index contributed by atoms with van der Waals surface area (Å²) in [5.41, 5.74) is -0.645. The first-order chi connectivity index (χ1) is 8.02. The molecule has 1 atom stereocenters. The average molecular weight is 240 g/mol. The predicted molar refractivity (Wildman–Crippen MR) is 59.7 cm³/mol. The van der Waals surface area contributed by atoms with Gasteiger partial charge in [0.2, 0.25) is 0 Å². The van der Waals surface area contributed by atoms with Crippen LogP contribution in [0.25, 0.3) is 0 Å². The number of halogens is 2. The zero-order valence-corrected chi connectivity index (χ0v) is 9.52. The number of carbonyl (C=O) groups is 1. The molecule has 0 aliphatic carbocycles. The topological polar surface area (TPSA) is 41.1 Å². The fourth-order valence-electron chi connectivity index (χ4n) is 1.94. The van der Waals surface area contributed by atoms with Crippen molar-refractivity contribution in [2.24, 2.45) is 0 Å². The highest BCUT2D eigenvalue weighted by atomic mass is 19.2. The Kier molecular flexibility index (Phi) is 3.11. The molecule has 0 radical (unpaired) electrons. The molecular formula is C12H14F2N2O. The third-order valence-corrected chi connectivity index (χ3v) is 2.98. The van der Waals surface area contributed by atoms with Crippen LogP contribution in [-0.4, -0.2) is 24.5 Å². The van der Waals surface area contributed by atoms with Gasteiger partial charge in [-0.3, -0.25) is 4.79 Å². The van der Waals surface area contributed by atoms with Crippen molar-refractivity contribution in [3.05, 3.63) is 35.4 Å². The van der Waals surface area contributed by atoms with Gasteiger partial charge in [-0.25, -0.2) is 8.78 Å². The molecule has 0 saturated carbocycles. The lowest BCUT2D eigenvalue weighted by molar-refractivity contribution is 0.0908. The summed E-state index contributed by atoms with van der Waals surface area (Å²) >= 11 is 0. The summed E-state index contributed by atoms with van der Waals surface area (Å²) in [6.45, 7) is 3.32. The van der Waals surface area contributed by atoms with Gasteiger partial charge in [0.1, 0.15) is 0 Å². The van der Waals surface area contributed by atoms with E-state index in [9.17, 15) is 13.6 Å². The minimum Gasteiger partial charge on any atom is -0.345 e. The summed E-state index contributed by atoms with van der Waals surface area (Å²) in [5.74, 6) is -2.68. The van der Waals surface area contributed by atoms with Gasteiger partial charge in [-0.2, -0.15) is 0 Å². The molecule has 5 heteroatoms. The molecule has 1 unspecified atom stereocenters. The molecule has 3 nitrogen and oxygen atoms in total. The number of rotatable bonds is 2. The van der Waals surface area contributed by atoms with Crippen molar-refractivity contribution >= 4 is 5.91 Å². The summed E-state index contributed by atoms with van der Waals surface area (Å²) in [6, 6.07) is 3.59. The van der Waals surface area contributed by atoms with Crippen molar-refractivity contribution in [2.75, 3.05) is 13.1 Å². The Hall–Kier alpha value is -1.49. The number of hydrogen-bond donors (Lipinski definition) is 2. The highest BCUT2D eigenvalue weighted by Crippen LogP contribution is 2.16. The van der Waals surface area contributed by atoms with Crippen molar-refractivity contribution in [2.45, 2.75) is 18.9 Å². The van der Waals surface area contributed by atoms with Crippen LogP contribution in [0.15, 0.2) is 18.2 Å². The van der Waals surface area contributed by atoms with E-state index in [2.05, 4.69) is 10.6 Å². The Labute approximate surface area is 98.2 Å². The summed E-state index contributed by atoms with van der Waals surface area (Å²) in [7, 11) is 0. The normalized spacial score (nSPS) is 23.7. The Morgan fingerprint density at radius 1 is 1.47 bits per heavy atom. The van der Waals surface area contributed by atoms with Gasteiger partial charge in [0, 0.05) is 6.54 Å². The molecule has 1 fully saturated rings. The second-order valence-electron chi connectivity index (χ2n) is 4.54. The maximum atomic E-state index is 13.4. The van der Waals surface area contributed by atoms with E-state index in [-0.39, 0.29) is 5.56 Å². The van der Waals surface area contributed by atoms with Crippen molar-refractivity contribution in [3.63, 3.8) is 0 Å². The fraction of sp³-hybridized carbons (Fsp3) is 0.417. The molecule has 2 rings (SSSR count). The second kappa shape index (κ2) is 4.41. The van der Waals surface area contributed by atoms with Gasteiger partial charge >= 0.3 is 0 Å². The van der Waals surface area contributed by atoms with E-state index in [0.717, 1.165) is 19.0 Å². The maximum Gasteiger partial charge on any atom is 0.254 e. The van der Waals surface area contributed by atoms with Crippen LogP contribution in [-0.2, 0) is 0 Å². The summed E-state index contributed by atoms with van der Waals surface area (Å²) in [4.78, 5) is 11.8. The number of hydrogen-bond acceptors (Lipinski definition) is 2. The Morgan fingerprint density at radius 3 is 2.88 bits per heavy atom. The summed E-state index contributed by atoms with van der Waals surface area (Å²) < 4.78 is 26.4. The molecule has 0 aromatic heterocycles. The number of carbonyl (C=O) groups excluding carboxylic acids is 1. The number of nitrogens with one attached hydrogen (secondary N) is 2. The van der Waals surface area contributed by atoms with Crippen molar-refractivity contribution in [3.8, 4) is 0 Å². The van der Waals surface area contributed by atoms with Crippen LogP contribution < -0.4 is 10.6 Å². The monoisotopic (exact) mass is 240 g/mol. The van der Waals surface area contributed by atoms with Gasteiger partial charge in [-0.1, -0.05) is 6.07 Å². The van der Waals surface area contributed by atoms with Crippen LogP contribution in [0.4, 0.5) is 8.78 Å². The van der Waals surface area contributed by atoms with Gasteiger partial charge < -0.3 is 10.6 Å². The van der Waals surface area contributed by atoms with Crippen molar-refractivity contribution in [1.29, 1.82) is 0 Å². The van der Waals surface area contributed by atoms with Crippen LogP contribution in [0.3, 0.4) is 0 Å². The highest BCUT2D eigenvalue weighted by molar-refractivity contribution is 5.95. The molecule has 1 saturated heterocycles. The van der Waals surface area contributed by atoms with Gasteiger partial charge in [-0.05, 0) is 32.0 Å². The van der Waals surface area contributed by atoms with E-state index in [1.54, 1.807) is 0 Å². The molecule has 1 aromatic carbocycles. The van der Waals surface area contributed by atoms with E-state index in [4.69, 9.17) is 0 Å². The fourth-order valence-corrected chi connectivity index (χ4v) is 1.94. The first kappa shape index (κ1) is 12.0. The Morgan fingerprint density at radius 2 is 2.24 bits per heavy atom. The standard InChI is InChI=1S/C12H14F2N2O/c1-12(5-6-15-7-12)16-11(17)8-3-2-4-9(13)10(8)14/h2-4,15H,5-7H2,1H3,(H,16,17). The largest absolute Gasteiger partial charge is 0.345 e. The van der Waals surface area contributed by atoms with Gasteiger partial charge in [-0.15, -0.1) is 0 Å². The maximum absolute atomic E-state index is 13.4. The molecule has 1 aromatic rings. The minimum absolute atomic E-state index is 0.252. The zero-order valence-electron chi connectivity index (χ0n) is 9.52. The molecule has 2 N–H and O–H groups in total. The minimum atomic E-state index is -1.10. The van der Waals surface area contributed by atoms with E-state index in [1.807, 2.05) is 6.92 Å². The molecule has 0 bridgehead atoms. The van der Waals surface area contributed by atoms with E-state index in [0.29, 0.717) is 6.54 Å². The molecule has 1 aliphatic heterocycles. The van der Waals surface area contributed by atoms with Crippen LogP contribution in [0.2, 0.25) is 0 Å². The van der Waals surface area contributed by atoms with Gasteiger partial charge in [0.25, 0.3) is 5.91 Å². The van der Waals surface area contributed by atoms with Crippen LogP contribution in [0.1, 0.15) is 23.7 Å². The molecule has 0 spiro atoms. The third-order valence-electron chi connectivity index (χ3n) is 2.98. The van der Waals surface area contributed by atoms with Crippen LogP contribution >= 0.6 is 0 Å². The van der Waals surface area contributed by atoms with Crippen LogP contribution in [0.5, 0.6) is 0 Å².